The number of carbonyl (C=O) groups excluding carboxylic acids is 1. The Hall–Kier alpha value is -1.62. The second-order valence-corrected chi connectivity index (χ2v) is 5.12. The zero-order valence-electron chi connectivity index (χ0n) is 12.9. The lowest BCUT2D eigenvalue weighted by Crippen LogP contribution is -2.50. The number of likely N-dealkylation sites (N-methyl/N-ethyl adjacent to an activating group) is 1. The predicted molar refractivity (Wildman–Crippen MR) is 79.8 cm³/mol. The third-order valence-corrected chi connectivity index (χ3v) is 3.34. The van der Waals surface area contributed by atoms with Crippen LogP contribution < -0.4 is 10.1 Å². The number of carbonyl (C=O) groups is 1. The fourth-order valence-corrected chi connectivity index (χ4v) is 2.21. The molecule has 1 aromatic carbocycles. The van der Waals surface area contributed by atoms with E-state index in [2.05, 4.69) is 5.32 Å². The summed E-state index contributed by atoms with van der Waals surface area (Å²) in [4.78, 5) is 11.8. The molecule has 118 valence electrons. The molecule has 0 saturated carbocycles. The average molecular weight is 297 g/mol. The average Bonchev–Trinajstić information content (AvgIpc) is 2.46. The van der Waals surface area contributed by atoms with Crippen LogP contribution in [-0.4, -0.2) is 31.8 Å². The minimum Gasteiger partial charge on any atom is -0.493 e. The molecule has 5 heteroatoms. The largest absolute Gasteiger partial charge is 0.493 e. The van der Waals surface area contributed by atoms with E-state index in [1.165, 1.54) is 19.2 Å². The second-order valence-electron chi connectivity index (χ2n) is 5.12. The summed E-state index contributed by atoms with van der Waals surface area (Å²) in [6.07, 6.45) is 2.27. The maximum Gasteiger partial charge on any atom is 0.325 e. The Morgan fingerprint density at radius 3 is 2.76 bits per heavy atom. The first-order chi connectivity index (χ1) is 10.0. The van der Waals surface area contributed by atoms with Gasteiger partial charge in [-0.25, -0.2) is 4.39 Å². The normalized spacial score (nSPS) is 13.5. The number of esters is 1. The Balaban J connectivity index is 2.33. The molecule has 0 spiro atoms. The molecule has 0 radical (unpaired) electrons. The van der Waals surface area contributed by atoms with Crippen molar-refractivity contribution in [1.82, 2.24) is 5.32 Å². The van der Waals surface area contributed by atoms with E-state index in [0.29, 0.717) is 25.3 Å². The molecule has 1 unspecified atom stereocenters. The quantitative estimate of drug-likeness (QED) is 0.562. The lowest BCUT2D eigenvalue weighted by molar-refractivity contribution is -0.148. The molecule has 0 saturated heterocycles. The smallest absolute Gasteiger partial charge is 0.325 e. The van der Waals surface area contributed by atoms with Crippen LogP contribution in [0.4, 0.5) is 4.39 Å². The zero-order chi connectivity index (χ0) is 15.7. The number of nitrogens with one attached hydrogen (secondary N) is 1. The Bertz CT molecular complexity index is 453. The first kappa shape index (κ1) is 17.4. The highest BCUT2D eigenvalue weighted by molar-refractivity contribution is 5.80. The molecule has 0 aromatic heterocycles. The van der Waals surface area contributed by atoms with Crippen molar-refractivity contribution < 1.29 is 18.7 Å². The number of benzene rings is 1. The summed E-state index contributed by atoms with van der Waals surface area (Å²) in [6, 6.07) is 6.08. The maximum atomic E-state index is 13.0. The molecule has 1 aromatic rings. The maximum absolute atomic E-state index is 13.0. The molecule has 21 heavy (non-hydrogen) atoms. The van der Waals surface area contributed by atoms with Gasteiger partial charge >= 0.3 is 5.97 Å². The van der Waals surface area contributed by atoms with Crippen LogP contribution in [0.2, 0.25) is 0 Å². The topological polar surface area (TPSA) is 47.6 Å². The van der Waals surface area contributed by atoms with E-state index in [1.807, 2.05) is 13.8 Å². The summed E-state index contributed by atoms with van der Waals surface area (Å²) >= 11 is 0. The lowest BCUT2D eigenvalue weighted by atomic mass is 9.95. The molecule has 0 amide bonds. The molecule has 1 atom stereocenters. The van der Waals surface area contributed by atoms with Crippen LogP contribution in [0.5, 0.6) is 5.75 Å². The van der Waals surface area contributed by atoms with E-state index < -0.39 is 5.54 Å². The molecule has 0 aliphatic carbocycles. The van der Waals surface area contributed by atoms with Gasteiger partial charge in [0.05, 0.1) is 13.7 Å². The first-order valence-electron chi connectivity index (χ1n) is 7.23. The number of ether oxygens (including phenoxy) is 2. The van der Waals surface area contributed by atoms with E-state index in [0.717, 1.165) is 12.8 Å². The third-order valence-electron chi connectivity index (χ3n) is 3.34. The highest BCUT2D eigenvalue weighted by atomic mass is 19.1. The number of hydrogen-bond acceptors (Lipinski definition) is 4. The summed E-state index contributed by atoms with van der Waals surface area (Å²) in [7, 11) is 1.39. The van der Waals surface area contributed by atoms with Crippen LogP contribution in [0.1, 0.15) is 33.1 Å². The first-order valence-corrected chi connectivity index (χ1v) is 7.23. The second kappa shape index (κ2) is 8.62. The molecular formula is C16H24FNO3. The van der Waals surface area contributed by atoms with Gasteiger partial charge in [-0.05, 0) is 44.9 Å². The fourth-order valence-electron chi connectivity index (χ4n) is 2.21. The predicted octanol–water partition coefficient (Wildman–Crippen LogP) is 2.92. The molecule has 0 aliphatic rings. The molecular weight excluding hydrogens is 273 g/mol. The number of halogens is 1. The van der Waals surface area contributed by atoms with Gasteiger partial charge in [-0.3, -0.25) is 4.79 Å². The SMILES string of the molecule is CCNC(C)(CCCCOc1cccc(F)c1)C(=O)OC. The molecule has 4 nitrogen and oxygen atoms in total. The standard InChI is InChI=1S/C16H24FNO3/c1-4-18-16(2,15(19)20-3)10-5-6-11-21-14-9-7-8-13(17)12-14/h7-9,12,18H,4-6,10-11H2,1-3H3. The third kappa shape index (κ3) is 5.71. The van der Waals surface area contributed by atoms with Crippen LogP contribution in [0.15, 0.2) is 24.3 Å². The monoisotopic (exact) mass is 297 g/mol. The van der Waals surface area contributed by atoms with Crippen molar-refractivity contribution in [3.63, 3.8) is 0 Å². The summed E-state index contributed by atoms with van der Waals surface area (Å²) in [5.74, 6) is -0.0364. The van der Waals surface area contributed by atoms with Gasteiger partial charge in [0.1, 0.15) is 17.1 Å². The van der Waals surface area contributed by atoms with Gasteiger partial charge in [-0.2, -0.15) is 0 Å². The van der Waals surface area contributed by atoms with Crippen molar-refractivity contribution in [3.8, 4) is 5.75 Å². The van der Waals surface area contributed by atoms with Crippen LogP contribution in [-0.2, 0) is 9.53 Å². The van der Waals surface area contributed by atoms with Crippen LogP contribution in [0.25, 0.3) is 0 Å². The number of rotatable bonds is 9. The van der Waals surface area contributed by atoms with Crippen LogP contribution in [0, 0.1) is 5.82 Å². The van der Waals surface area contributed by atoms with E-state index in [4.69, 9.17) is 9.47 Å². The van der Waals surface area contributed by atoms with Gasteiger partial charge in [0, 0.05) is 6.07 Å². The Kier molecular flexibility index (Phi) is 7.15. The van der Waals surface area contributed by atoms with Gasteiger partial charge in [-0.15, -0.1) is 0 Å². The number of methoxy groups -OCH3 is 1. The molecule has 0 bridgehead atoms. The van der Waals surface area contributed by atoms with E-state index in [-0.39, 0.29) is 11.8 Å². The van der Waals surface area contributed by atoms with Crippen molar-refractivity contribution in [2.24, 2.45) is 0 Å². The summed E-state index contributed by atoms with van der Waals surface area (Å²) in [5.41, 5.74) is -0.664. The van der Waals surface area contributed by atoms with Crippen molar-refractivity contribution in [1.29, 1.82) is 0 Å². The molecule has 0 aliphatic heterocycles. The summed E-state index contributed by atoms with van der Waals surface area (Å²) < 4.78 is 23.3. The van der Waals surface area contributed by atoms with Crippen molar-refractivity contribution in [2.45, 2.75) is 38.6 Å². The Morgan fingerprint density at radius 2 is 2.14 bits per heavy atom. The van der Waals surface area contributed by atoms with Crippen molar-refractivity contribution in [3.05, 3.63) is 30.1 Å². The number of unbranched alkanes of at least 4 members (excludes halogenated alkanes) is 1. The molecule has 1 N–H and O–H groups in total. The van der Waals surface area contributed by atoms with Gasteiger partial charge in [-0.1, -0.05) is 13.0 Å². The summed E-state index contributed by atoms with van der Waals surface area (Å²) in [5, 5.41) is 3.16. The minimum absolute atomic E-state index is 0.254. The van der Waals surface area contributed by atoms with Gasteiger partial charge in [0.2, 0.25) is 0 Å². The van der Waals surface area contributed by atoms with E-state index >= 15 is 0 Å². The highest BCUT2D eigenvalue weighted by Gasteiger charge is 2.32. The van der Waals surface area contributed by atoms with Crippen molar-refractivity contribution >= 4 is 5.97 Å². The van der Waals surface area contributed by atoms with Crippen LogP contribution in [0.3, 0.4) is 0 Å². The Labute approximate surface area is 125 Å². The van der Waals surface area contributed by atoms with E-state index in [1.54, 1.807) is 12.1 Å². The van der Waals surface area contributed by atoms with Crippen LogP contribution >= 0.6 is 0 Å². The molecule has 0 fully saturated rings. The van der Waals surface area contributed by atoms with Crippen molar-refractivity contribution in [2.75, 3.05) is 20.3 Å². The molecule has 1 rings (SSSR count). The van der Waals surface area contributed by atoms with Gasteiger partial charge in [0.15, 0.2) is 0 Å². The van der Waals surface area contributed by atoms with E-state index in [9.17, 15) is 9.18 Å². The van der Waals surface area contributed by atoms with Gasteiger partial charge in [0.25, 0.3) is 0 Å². The fraction of sp³-hybridized carbons (Fsp3) is 0.562. The Morgan fingerprint density at radius 1 is 1.38 bits per heavy atom. The number of hydrogen-bond donors (Lipinski definition) is 1. The zero-order valence-corrected chi connectivity index (χ0v) is 12.9. The summed E-state index contributed by atoms with van der Waals surface area (Å²) in [6.45, 7) is 4.99. The highest BCUT2D eigenvalue weighted by Crippen LogP contribution is 2.17. The minimum atomic E-state index is -0.664. The molecule has 0 heterocycles. The van der Waals surface area contributed by atoms with Gasteiger partial charge < -0.3 is 14.8 Å². The lowest BCUT2D eigenvalue weighted by Gasteiger charge is -2.27.